The second-order valence-corrected chi connectivity index (χ2v) is 7.32. The lowest BCUT2D eigenvalue weighted by molar-refractivity contribution is -0.137. The second-order valence-electron chi connectivity index (χ2n) is 5.42. The van der Waals surface area contributed by atoms with Crippen LogP contribution in [0, 0.1) is 0 Å². The molecule has 0 aliphatic rings. The number of carbonyl (C=O) groups is 1. The number of hydrogen-bond acceptors (Lipinski definition) is 4. The molecule has 0 aliphatic heterocycles. The van der Waals surface area contributed by atoms with Gasteiger partial charge in [0.2, 0.25) is 15.9 Å². The van der Waals surface area contributed by atoms with Crippen molar-refractivity contribution in [2.24, 2.45) is 0 Å². The van der Waals surface area contributed by atoms with Gasteiger partial charge in [-0.05, 0) is 29.8 Å². The number of carbonyl (C=O) groups excluding carboxylic acids is 1. The number of amides is 1. The summed E-state index contributed by atoms with van der Waals surface area (Å²) in [5, 5.41) is 2.48. The molecule has 0 radical (unpaired) electrons. The van der Waals surface area contributed by atoms with Gasteiger partial charge in [-0.15, -0.1) is 0 Å². The Morgan fingerprint density at radius 1 is 1.15 bits per heavy atom. The van der Waals surface area contributed by atoms with Crippen LogP contribution in [0.3, 0.4) is 0 Å². The summed E-state index contributed by atoms with van der Waals surface area (Å²) in [7, 11) is -4.12. The summed E-state index contributed by atoms with van der Waals surface area (Å²) in [6.07, 6.45) is -0.975. The fourth-order valence-electron chi connectivity index (χ4n) is 2.20. The zero-order chi connectivity index (χ0) is 19.4. The highest BCUT2D eigenvalue weighted by molar-refractivity contribution is 7.92. The average molecular weight is 387 g/mol. The number of benzene rings is 1. The van der Waals surface area contributed by atoms with Crippen LogP contribution in [-0.4, -0.2) is 32.1 Å². The first-order chi connectivity index (χ1) is 12.1. The minimum Gasteiger partial charge on any atom is -0.350 e. The number of hydrogen-bond donors (Lipinski definition) is 1. The molecule has 1 aromatic carbocycles. The van der Waals surface area contributed by atoms with Crippen molar-refractivity contribution >= 4 is 21.6 Å². The molecule has 2 rings (SSSR count). The molecular formula is C16H16F3N3O3S. The van der Waals surface area contributed by atoms with Crippen LogP contribution < -0.4 is 9.62 Å². The Labute approximate surface area is 148 Å². The van der Waals surface area contributed by atoms with E-state index in [0.29, 0.717) is 4.31 Å². The topological polar surface area (TPSA) is 79.4 Å². The number of alkyl halides is 3. The van der Waals surface area contributed by atoms with Crippen molar-refractivity contribution in [3.8, 4) is 0 Å². The summed E-state index contributed by atoms with van der Waals surface area (Å²) in [5.74, 6) is -0.732. The van der Waals surface area contributed by atoms with E-state index >= 15 is 0 Å². The van der Waals surface area contributed by atoms with Gasteiger partial charge < -0.3 is 5.32 Å². The van der Waals surface area contributed by atoms with Gasteiger partial charge in [-0.25, -0.2) is 8.42 Å². The van der Waals surface area contributed by atoms with Crippen LogP contribution in [-0.2, 0) is 27.5 Å². The molecule has 26 heavy (non-hydrogen) atoms. The first kappa shape index (κ1) is 19.7. The van der Waals surface area contributed by atoms with E-state index < -0.39 is 39.9 Å². The van der Waals surface area contributed by atoms with E-state index in [4.69, 9.17) is 0 Å². The van der Waals surface area contributed by atoms with E-state index in [2.05, 4.69) is 10.3 Å². The SMILES string of the molecule is CS(=O)(=O)N(CC(=O)NCc1ccncc1)c1ccccc1C(F)(F)F. The highest BCUT2D eigenvalue weighted by Gasteiger charge is 2.36. The zero-order valence-corrected chi connectivity index (χ0v) is 14.5. The predicted octanol–water partition coefficient (Wildman–Crippen LogP) is 2.18. The summed E-state index contributed by atoms with van der Waals surface area (Å²) < 4.78 is 64.0. The first-order valence-corrected chi connectivity index (χ1v) is 9.23. The first-order valence-electron chi connectivity index (χ1n) is 7.38. The lowest BCUT2D eigenvalue weighted by atomic mass is 10.1. The Kier molecular flexibility index (Phi) is 5.86. The number of pyridine rings is 1. The summed E-state index contributed by atoms with van der Waals surface area (Å²) in [6.45, 7) is -0.670. The Balaban J connectivity index is 2.23. The third kappa shape index (κ3) is 5.19. The number of halogens is 3. The Morgan fingerprint density at radius 2 is 1.77 bits per heavy atom. The number of para-hydroxylation sites is 1. The molecule has 140 valence electrons. The fourth-order valence-corrected chi connectivity index (χ4v) is 3.07. The van der Waals surface area contributed by atoms with Crippen LogP contribution in [0.25, 0.3) is 0 Å². The minimum atomic E-state index is -4.76. The molecule has 0 saturated heterocycles. The smallest absolute Gasteiger partial charge is 0.350 e. The maximum atomic E-state index is 13.2. The molecule has 0 spiro atoms. The predicted molar refractivity (Wildman–Crippen MR) is 89.7 cm³/mol. The highest BCUT2D eigenvalue weighted by atomic mass is 32.2. The molecule has 1 amide bonds. The number of nitrogens with one attached hydrogen (secondary N) is 1. The summed E-state index contributed by atoms with van der Waals surface area (Å²) in [6, 6.07) is 7.50. The second kappa shape index (κ2) is 7.73. The Morgan fingerprint density at radius 3 is 2.35 bits per heavy atom. The summed E-state index contributed by atoms with van der Waals surface area (Å²) >= 11 is 0. The third-order valence-corrected chi connectivity index (χ3v) is 4.53. The number of nitrogens with zero attached hydrogens (tertiary/aromatic N) is 2. The highest BCUT2D eigenvalue weighted by Crippen LogP contribution is 2.37. The van der Waals surface area contributed by atoms with Crippen molar-refractivity contribution in [3.63, 3.8) is 0 Å². The Bertz CT molecular complexity index is 871. The minimum absolute atomic E-state index is 0.0971. The normalized spacial score (nSPS) is 11.8. The maximum Gasteiger partial charge on any atom is 0.418 e. The Hall–Kier alpha value is -2.62. The van der Waals surface area contributed by atoms with Crippen LogP contribution in [0.5, 0.6) is 0 Å². The molecule has 10 heteroatoms. The van der Waals surface area contributed by atoms with Gasteiger partial charge in [0.15, 0.2) is 0 Å². The maximum absolute atomic E-state index is 13.2. The van der Waals surface area contributed by atoms with Crippen LogP contribution in [0.2, 0.25) is 0 Å². The van der Waals surface area contributed by atoms with E-state index in [1.54, 1.807) is 12.1 Å². The molecule has 6 nitrogen and oxygen atoms in total. The quantitative estimate of drug-likeness (QED) is 0.824. The number of sulfonamides is 1. The van der Waals surface area contributed by atoms with Crippen molar-refractivity contribution in [1.82, 2.24) is 10.3 Å². The van der Waals surface area contributed by atoms with Crippen molar-refractivity contribution in [1.29, 1.82) is 0 Å². The summed E-state index contributed by atoms with van der Waals surface area (Å²) in [5.41, 5.74) is -1.01. The van der Waals surface area contributed by atoms with Crippen molar-refractivity contribution in [2.45, 2.75) is 12.7 Å². The molecule has 0 fully saturated rings. The van der Waals surface area contributed by atoms with E-state index in [1.165, 1.54) is 18.5 Å². The van der Waals surface area contributed by atoms with Gasteiger partial charge in [0.25, 0.3) is 0 Å². The molecule has 1 N–H and O–H groups in total. The molecule has 0 aliphatic carbocycles. The third-order valence-electron chi connectivity index (χ3n) is 3.40. The number of rotatable bonds is 6. The van der Waals surface area contributed by atoms with Crippen LogP contribution in [0.15, 0.2) is 48.8 Å². The molecule has 0 bridgehead atoms. The standard InChI is InChI=1S/C16H16F3N3O3S/c1-26(24,25)22(14-5-3-2-4-13(14)16(17,18)19)11-15(23)21-10-12-6-8-20-9-7-12/h2-9H,10-11H2,1H3,(H,21,23). The number of anilines is 1. The molecule has 2 aromatic rings. The van der Waals surface area contributed by atoms with Gasteiger partial charge in [0.1, 0.15) is 6.54 Å². The summed E-state index contributed by atoms with van der Waals surface area (Å²) in [4.78, 5) is 15.9. The van der Waals surface area contributed by atoms with Gasteiger partial charge in [-0.2, -0.15) is 13.2 Å². The van der Waals surface area contributed by atoms with Gasteiger partial charge >= 0.3 is 6.18 Å². The van der Waals surface area contributed by atoms with Crippen LogP contribution in [0.4, 0.5) is 18.9 Å². The van der Waals surface area contributed by atoms with Gasteiger partial charge in [-0.3, -0.25) is 14.1 Å². The molecule has 1 aromatic heterocycles. The zero-order valence-electron chi connectivity index (χ0n) is 13.7. The van der Waals surface area contributed by atoms with Crippen molar-refractivity contribution in [3.05, 3.63) is 59.9 Å². The fraction of sp³-hybridized carbons (Fsp3) is 0.250. The van der Waals surface area contributed by atoms with Crippen LogP contribution >= 0.6 is 0 Å². The van der Waals surface area contributed by atoms with Crippen molar-refractivity contribution in [2.75, 3.05) is 17.1 Å². The van der Waals surface area contributed by atoms with Crippen LogP contribution in [0.1, 0.15) is 11.1 Å². The van der Waals surface area contributed by atoms with Gasteiger partial charge in [0, 0.05) is 18.9 Å². The lowest BCUT2D eigenvalue weighted by Gasteiger charge is -2.25. The monoisotopic (exact) mass is 387 g/mol. The van der Waals surface area contributed by atoms with E-state index in [0.717, 1.165) is 30.0 Å². The van der Waals surface area contributed by atoms with Crippen molar-refractivity contribution < 1.29 is 26.4 Å². The van der Waals surface area contributed by atoms with E-state index in [-0.39, 0.29) is 6.54 Å². The van der Waals surface area contributed by atoms with Gasteiger partial charge in [-0.1, -0.05) is 12.1 Å². The lowest BCUT2D eigenvalue weighted by Crippen LogP contribution is -2.41. The molecule has 0 unspecified atom stereocenters. The molecule has 0 atom stereocenters. The van der Waals surface area contributed by atoms with E-state index in [1.807, 2.05) is 0 Å². The van der Waals surface area contributed by atoms with E-state index in [9.17, 15) is 26.4 Å². The number of aromatic nitrogens is 1. The van der Waals surface area contributed by atoms with Gasteiger partial charge in [0.05, 0.1) is 17.5 Å². The molecule has 1 heterocycles. The largest absolute Gasteiger partial charge is 0.418 e. The molecule has 0 saturated carbocycles. The molecular weight excluding hydrogens is 371 g/mol. The average Bonchev–Trinajstić information content (AvgIpc) is 2.57.